The lowest BCUT2D eigenvalue weighted by atomic mass is 10.2. The van der Waals surface area contributed by atoms with Crippen molar-refractivity contribution in [1.29, 1.82) is 0 Å². The molecule has 0 spiro atoms. The van der Waals surface area contributed by atoms with E-state index in [2.05, 4.69) is 10.3 Å². The first-order valence-corrected chi connectivity index (χ1v) is 8.93. The first kappa shape index (κ1) is 19.2. The Morgan fingerprint density at radius 2 is 2.07 bits per heavy atom. The molecule has 1 fully saturated rings. The van der Waals surface area contributed by atoms with E-state index in [1.165, 1.54) is 0 Å². The fourth-order valence-corrected chi connectivity index (χ4v) is 3.24. The summed E-state index contributed by atoms with van der Waals surface area (Å²) in [5, 5.41) is 21.6. The summed E-state index contributed by atoms with van der Waals surface area (Å²) in [6.45, 7) is -0.158. The molecule has 2 aromatic rings. The number of carbonyl (C=O) groups is 1. The zero-order valence-corrected chi connectivity index (χ0v) is 15.2. The summed E-state index contributed by atoms with van der Waals surface area (Å²) >= 11 is 0. The van der Waals surface area contributed by atoms with Crippen LogP contribution in [0.1, 0.15) is 28.6 Å². The van der Waals surface area contributed by atoms with Crippen LogP contribution in [0, 0.1) is 0 Å². The van der Waals surface area contributed by atoms with Gasteiger partial charge < -0.3 is 29.7 Å². The number of fused-ring (bicyclic) bond motifs is 1. The second kappa shape index (κ2) is 7.70. The molecular formula is C18H19N3O8. The van der Waals surface area contributed by atoms with Crippen LogP contribution in [0.3, 0.4) is 0 Å². The molecule has 0 aliphatic carbocycles. The predicted octanol–water partition coefficient (Wildman–Crippen LogP) is -1.16. The predicted molar refractivity (Wildman–Crippen MR) is 96.7 cm³/mol. The third-order valence-electron chi connectivity index (χ3n) is 4.80. The molecule has 0 radical (unpaired) electrons. The van der Waals surface area contributed by atoms with E-state index in [0.29, 0.717) is 11.5 Å². The zero-order valence-electron chi connectivity index (χ0n) is 15.2. The average molecular weight is 405 g/mol. The number of ether oxygens (including phenoxy) is 3. The minimum atomic E-state index is -0.966. The molecule has 1 amide bonds. The van der Waals surface area contributed by atoms with E-state index in [4.69, 9.17) is 14.2 Å². The Kier molecular flexibility index (Phi) is 5.09. The van der Waals surface area contributed by atoms with Gasteiger partial charge in [0.05, 0.1) is 12.7 Å². The van der Waals surface area contributed by atoms with Gasteiger partial charge in [-0.2, -0.15) is 0 Å². The van der Waals surface area contributed by atoms with Crippen molar-refractivity contribution in [2.75, 3.05) is 13.4 Å². The SMILES string of the molecule is O=C(NCc1ccc2c(c1)OCO2)c1cn([C@H]2C[C@H](O)[C@@H](CO)O2)c(=O)[nH]c1=O. The Balaban J connectivity index is 1.51. The number of aliphatic hydroxyl groups is 2. The molecule has 2 aliphatic rings. The monoisotopic (exact) mass is 405 g/mol. The summed E-state index contributed by atoms with van der Waals surface area (Å²) in [7, 11) is 0. The van der Waals surface area contributed by atoms with E-state index in [0.717, 1.165) is 16.3 Å². The third kappa shape index (κ3) is 3.75. The van der Waals surface area contributed by atoms with Gasteiger partial charge in [0.2, 0.25) is 6.79 Å². The van der Waals surface area contributed by atoms with E-state index in [1.807, 2.05) is 0 Å². The number of nitrogens with zero attached hydrogens (tertiary/aromatic N) is 1. The summed E-state index contributed by atoms with van der Waals surface area (Å²) in [4.78, 5) is 38.8. The Morgan fingerprint density at radius 1 is 1.28 bits per heavy atom. The van der Waals surface area contributed by atoms with Crippen LogP contribution in [0.4, 0.5) is 0 Å². The van der Waals surface area contributed by atoms with Crippen LogP contribution in [-0.4, -0.2) is 51.3 Å². The van der Waals surface area contributed by atoms with E-state index >= 15 is 0 Å². The summed E-state index contributed by atoms with van der Waals surface area (Å²) in [6, 6.07) is 5.19. The minimum absolute atomic E-state index is 0.0371. The fourth-order valence-electron chi connectivity index (χ4n) is 3.24. The number of carbonyl (C=O) groups excluding carboxylic acids is 1. The van der Waals surface area contributed by atoms with Crippen molar-refractivity contribution in [1.82, 2.24) is 14.9 Å². The third-order valence-corrected chi connectivity index (χ3v) is 4.80. The molecule has 2 aliphatic heterocycles. The Morgan fingerprint density at radius 3 is 2.83 bits per heavy atom. The first-order valence-electron chi connectivity index (χ1n) is 8.93. The molecule has 1 aromatic heterocycles. The molecule has 4 N–H and O–H groups in total. The van der Waals surface area contributed by atoms with E-state index in [9.17, 15) is 24.6 Å². The van der Waals surface area contributed by atoms with Gasteiger partial charge in [0.1, 0.15) is 17.9 Å². The lowest BCUT2D eigenvalue weighted by molar-refractivity contribution is -0.0459. The number of amides is 1. The van der Waals surface area contributed by atoms with Gasteiger partial charge in [-0.05, 0) is 17.7 Å². The second-order valence-electron chi connectivity index (χ2n) is 6.69. The maximum Gasteiger partial charge on any atom is 0.330 e. The average Bonchev–Trinajstić information content (AvgIpc) is 3.31. The van der Waals surface area contributed by atoms with Gasteiger partial charge >= 0.3 is 5.69 Å². The highest BCUT2D eigenvalue weighted by molar-refractivity contribution is 5.93. The highest BCUT2D eigenvalue weighted by Crippen LogP contribution is 2.32. The number of hydrogen-bond acceptors (Lipinski definition) is 8. The van der Waals surface area contributed by atoms with Gasteiger partial charge in [0.15, 0.2) is 11.5 Å². The summed E-state index contributed by atoms with van der Waals surface area (Å²) in [5.41, 5.74) is -1.17. The molecule has 11 nitrogen and oxygen atoms in total. The van der Waals surface area contributed by atoms with Crippen molar-refractivity contribution in [3.8, 4) is 11.5 Å². The van der Waals surface area contributed by atoms with Crippen LogP contribution in [0.15, 0.2) is 34.0 Å². The molecule has 154 valence electrons. The van der Waals surface area contributed by atoms with E-state index in [-0.39, 0.29) is 25.3 Å². The molecule has 3 atom stereocenters. The minimum Gasteiger partial charge on any atom is -0.454 e. The summed E-state index contributed by atoms with van der Waals surface area (Å²) in [6.07, 6.45) is -1.59. The molecular weight excluding hydrogens is 386 g/mol. The maximum absolute atomic E-state index is 12.5. The topological polar surface area (TPSA) is 152 Å². The lowest BCUT2D eigenvalue weighted by Gasteiger charge is -2.15. The van der Waals surface area contributed by atoms with E-state index < -0.39 is 42.2 Å². The van der Waals surface area contributed by atoms with Crippen molar-refractivity contribution in [2.45, 2.75) is 31.4 Å². The molecule has 11 heteroatoms. The van der Waals surface area contributed by atoms with Gasteiger partial charge in [-0.3, -0.25) is 19.1 Å². The van der Waals surface area contributed by atoms with Gasteiger partial charge in [-0.25, -0.2) is 4.79 Å². The Hall–Kier alpha value is -3.15. The molecule has 0 unspecified atom stereocenters. The summed E-state index contributed by atoms with van der Waals surface area (Å²) in [5.74, 6) is 0.497. The van der Waals surface area contributed by atoms with Crippen LogP contribution >= 0.6 is 0 Å². The number of H-pyrrole nitrogens is 1. The van der Waals surface area contributed by atoms with Gasteiger partial charge in [-0.1, -0.05) is 6.07 Å². The van der Waals surface area contributed by atoms with Crippen molar-refractivity contribution in [3.05, 3.63) is 56.4 Å². The van der Waals surface area contributed by atoms with Crippen LogP contribution in [0.25, 0.3) is 0 Å². The fraction of sp³-hybridized carbons (Fsp3) is 0.389. The number of rotatable bonds is 5. The van der Waals surface area contributed by atoms with Crippen molar-refractivity contribution in [3.63, 3.8) is 0 Å². The van der Waals surface area contributed by atoms with Crippen LogP contribution in [0.2, 0.25) is 0 Å². The van der Waals surface area contributed by atoms with Crippen molar-refractivity contribution >= 4 is 5.91 Å². The van der Waals surface area contributed by atoms with Gasteiger partial charge in [0.25, 0.3) is 11.5 Å². The first-order chi connectivity index (χ1) is 14.0. The number of nitrogens with one attached hydrogen (secondary N) is 2. The highest BCUT2D eigenvalue weighted by Gasteiger charge is 2.35. The lowest BCUT2D eigenvalue weighted by Crippen LogP contribution is -2.38. The van der Waals surface area contributed by atoms with Crippen molar-refractivity contribution < 1.29 is 29.2 Å². The number of hydrogen-bond donors (Lipinski definition) is 4. The zero-order chi connectivity index (χ0) is 20.5. The normalized spacial score (nSPS) is 22.6. The molecule has 29 heavy (non-hydrogen) atoms. The van der Waals surface area contributed by atoms with E-state index in [1.54, 1.807) is 18.2 Å². The number of aliphatic hydroxyl groups excluding tert-OH is 2. The molecule has 0 bridgehead atoms. The molecule has 0 saturated carbocycles. The summed E-state index contributed by atoms with van der Waals surface area (Å²) < 4.78 is 17.0. The second-order valence-corrected chi connectivity index (χ2v) is 6.69. The number of aromatic nitrogens is 2. The van der Waals surface area contributed by atoms with Crippen LogP contribution in [-0.2, 0) is 11.3 Å². The van der Waals surface area contributed by atoms with Gasteiger partial charge in [0, 0.05) is 19.2 Å². The van der Waals surface area contributed by atoms with Crippen LogP contribution < -0.4 is 26.0 Å². The molecule has 1 aromatic carbocycles. The maximum atomic E-state index is 12.5. The number of benzene rings is 1. The smallest absolute Gasteiger partial charge is 0.330 e. The standard InChI is InChI=1S/C18H19N3O8/c22-7-14-11(23)4-15(29-14)21-6-10(17(25)20-18(21)26)16(24)19-5-9-1-2-12-13(3-9)28-8-27-12/h1-3,6,11,14-15,22-23H,4-5,7-8H2,(H,19,24)(H,20,25,26)/t11-,14+,15+/m0/s1. The molecule has 3 heterocycles. The van der Waals surface area contributed by atoms with Crippen LogP contribution in [0.5, 0.6) is 11.5 Å². The molecule has 1 saturated heterocycles. The van der Waals surface area contributed by atoms with Crippen molar-refractivity contribution in [2.24, 2.45) is 0 Å². The Labute approximate surface area is 163 Å². The molecule has 4 rings (SSSR count). The largest absolute Gasteiger partial charge is 0.454 e. The highest BCUT2D eigenvalue weighted by atomic mass is 16.7. The quantitative estimate of drug-likeness (QED) is 0.486. The Bertz CT molecular complexity index is 1050. The number of aromatic amines is 1. The van der Waals surface area contributed by atoms with Gasteiger partial charge in [-0.15, -0.1) is 0 Å².